The second-order valence-electron chi connectivity index (χ2n) is 3.28. The number of hydrogen-bond acceptors (Lipinski definition) is 5. The summed E-state index contributed by atoms with van der Waals surface area (Å²) in [5.41, 5.74) is 0.711. The largest absolute Gasteiger partial charge is 0.450 e. The molecule has 0 bridgehead atoms. The Morgan fingerprint density at radius 1 is 1.29 bits per heavy atom. The van der Waals surface area contributed by atoms with Gasteiger partial charge in [0, 0.05) is 5.69 Å². The van der Waals surface area contributed by atoms with Gasteiger partial charge in [-0.1, -0.05) is 0 Å². The molecule has 0 aliphatic carbocycles. The van der Waals surface area contributed by atoms with Gasteiger partial charge in [-0.05, 0) is 25.1 Å². The fraction of sp³-hybridized carbons (Fsp3) is 0.182. The number of fused-ring (bicyclic) bond motifs is 1. The Bertz CT molecular complexity index is 509. The van der Waals surface area contributed by atoms with Crippen molar-refractivity contribution in [1.29, 1.82) is 0 Å². The number of amides is 1. The number of cyclic esters (lactones) is 2. The Kier molecular flexibility index (Phi) is 2.78. The number of hydrogen-bond donors (Lipinski definition) is 1. The fourth-order valence-corrected chi connectivity index (χ4v) is 1.45. The van der Waals surface area contributed by atoms with Crippen molar-refractivity contribution < 1.29 is 23.9 Å². The summed E-state index contributed by atoms with van der Waals surface area (Å²) in [4.78, 5) is 33.6. The van der Waals surface area contributed by atoms with Crippen LogP contribution in [0.25, 0.3) is 0 Å². The van der Waals surface area contributed by atoms with Crippen LogP contribution in [0.5, 0.6) is 0 Å². The molecule has 88 valence electrons. The van der Waals surface area contributed by atoms with Gasteiger partial charge in [0.05, 0.1) is 17.7 Å². The Morgan fingerprint density at radius 3 is 2.71 bits per heavy atom. The zero-order valence-corrected chi connectivity index (χ0v) is 8.98. The second kappa shape index (κ2) is 4.25. The topological polar surface area (TPSA) is 81.7 Å². The van der Waals surface area contributed by atoms with E-state index in [1.54, 1.807) is 6.92 Å². The van der Waals surface area contributed by atoms with Crippen molar-refractivity contribution in [3.8, 4) is 0 Å². The first-order valence-corrected chi connectivity index (χ1v) is 4.96. The number of anilines is 1. The smallest absolute Gasteiger partial charge is 0.411 e. The monoisotopic (exact) mass is 235 g/mol. The van der Waals surface area contributed by atoms with Crippen LogP contribution in [0.3, 0.4) is 0 Å². The number of esters is 2. The van der Waals surface area contributed by atoms with Crippen LogP contribution >= 0.6 is 0 Å². The number of ether oxygens (including phenoxy) is 2. The van der Waals surface area contributed by atoms with Gasteiger partial charge in [-0.25, -0.2) is 14.4 Å². The third-order valence-corrected chi connectivity index (χ3v) is 2.17. The van der Waals surface area contributed by atoms with Crippen molar-refractivity contribution in [2.24, 2.45) is 0 Å². The minimum absolute atomic E-state index is 0.143. The molecule has 1 aromatic carbocycles. The molecule has 0 radical (unpaired) electrons. The maximum absolute atomic E-state index is 11.3. The van der Waals surface area contributed by atoms with Crippen LogP contribution in [0.2, 0.25) is 0 Å². The lowest BCUT2D eigenvalue weighted by molar-refractivity contribution is 0.0443. The maximum atomic E-state index is 11.3. The van der Waals surface area contributed by atoms with Gasteiger partial charge in [0.1, 0.15) is 0 Å². The van der Waals surface area contributed by atoms with Gasteiger partial charge < -0.3 is 9.47 Å². The minimum Gasteiger partial charge on any atom is -0.450 e. The van der Waals surface area contributed by atoms with Gasteiger partial charge in [-0.2, -0.15) is 0 Å². The van der Waals surface area contributed by atoms with Crippen LogP contribution in [0, 0.1) is 0 Å². The predicted molar refractivity (Wildman–Crippen MR) is 56.8 cm³/mol. The molecule has 17 heavy (non-hydrogen) atoms. The molecule has 2 rings (SSSR count). The summed E-state index contributed by atoms with van der Waals surface area (Å²) in [6.07, 6.45) is -0.620. The molecule has 0 atom stereocenters. The molecule has 6 nitrogen and oxygen atoms in total. The molecule has 0 spiro atoms. The van der Waals surface area contributed by atoms with Crippen LogP contribution in [0.1, 0.15) is 27.6 Å². The summed E-state index contributed by atoms with van der Waals surface area (Å²) in [5.74, 6) is -1.38. The van der Waals surface area contributed by atoms with Gasteiger partial charge in [-0.15, -0.1) is 0 Å². The molecule has 6 heteroatoms. The number of carbonyl (C=O) groups excluding carboxylic acids is 3. The average molecular weight is 235 g/mol. The van der Waals surface area contributed by atoms with Gasteiger partial charge in [0.2, 0.25) is 0 Å². The molecule has 0 saturated heterocycles. The fourth-order valence-electron chi connectivity index (χ4n) is 1.45. The lowest BCUT2D eigenvalue weighted by Gasteiger charge is -2.05. The summed E-state index contributed by atoms with van der Waals surface area (Å²) in [7, 11) is 0. The average Bonchev–Trinajstić information content (AvgIpc) is 2.55. The van der Waals surface area contributed by atoms with Gasteiger partial charge in [0.15, 0.2) is 0 Å². The van der Waals surface area contributed by atoms with Gasteiger partial charge in [0.25, 0.3) is 0 Å². The Balaban J connectivity index is 2.23. The maximum Gasteiger partial charge on any atom is 0.411 e. The van der Waals surface area contributed by atoms with Crippen molar-refractivity contribution in [3.05, 3.63) is 29.3 Å². The van der Waals surface area contributed by atoms with Crippen LogP contribution < -0.4 is 5.32 Å². The molecule has 1 aromatic rings. The molecule has 1 amide bonds. The summed E-state index contributed by atoms with van der Waals surface area (Å²) >= 11 is 0. The van der Waals surface area contributed by atoms with E-state index in [4.69, 9.17) is 0 Å². The number of benzene rings is 1. The quantitative estimate of drug-likeness (QED) is 0.621. The standard InChI is InChI=1S/C11H9NO5/c1-2-16-11(15)12-6-3-4-7-8(5-6)10(14)17-9(7)13/h3-5H,2H2,1H3,(H,12,15). The molecular weight excluding hydrogens is 226 g/mol. The van der Waals surface area contributed by atoms with Crippen LogP contribution in [0.15, 0.2) is 18.2 Å². The van der Waals surface area contributed by atoms with Gasteiger partial charge in [-0.3, -0.25) is 5.32 Å². The van der Waals surface area contributed by atoms with E-state index in [9.17, 15) is 14.4 Å². The molecule has 0 saturated carbocycles. The first kappa shape index (κ1) is 11.1. The third kappa shape index (κ3) is 2.10. The third-order valence-electron chi connectivity index (χ3n) is 2.17. The van der Waals surface area contributed by atoms with Crippen molar-refractivity contribution in [3.63, 3.8) is 0 Å². The predicted octanol–water partition coefficient (Wildman–Crippen LogP) is 1.57. The van der Waals surface area contributed by atoms with E-state index >= 15 is 0 Å². The van der Waals surface area contributed by atoms with Crippen LogP contribution in [-0.2, 0) is 9.47 Å². The molecule has 0 fully saturated rings. The van der Waals surface area contributed by atoms with E-state index in [2.05, 4.69) is 14.8 Å². The highest BCUT2D eigenvalue weighted by Crippen LogP contribution is 2.23. The number of rotatable bonds is 2. The molecule has 1 heterocycles. The van der Waals surface area contributed by atoms with Crippen molar-refractivity contribution in [2.45, 2.75) is 6.92 Å². The van der Waals surface area contributed by atoms with E-state index in [0.717, 1.165) is 0 Å². The first-order chi connectivity index (χ1) is 8.11. The van der Waals surface area contributed by atoms with E-state index in [-0.39, 0.29) is 17.7 Å². The highest BCUT2D eigenvalue weighted by Gasteiger charge is 2.29. The van der Waals surface area contributed by atoms with E-state index in [1.807, 2.05) is 0 Å². The second-order valence-corrected chi connectivity index (χ2v) is 3.28. The highest BCUT2D eigenvalue weighted by atomic mass is 16.6. The van der Waals surface area contributed by atoms with Crippen molar-refractivity contribution in [2.75, 3.05) is 11.9 Å². The minimum atomic E-state index is -0.711. The van der Waals surface area contributed by atoms with E-state index in [0.29, 0.717) is 5.69 Å². The summed E-state index contributed by atoms with van der Waals surface area (Å²) in [5, 5.41) is 2.43. The summed E-state index contributed by atoms with van der Waals surface area (Å²) in [6.45, 7) is 1.93. The molecule has 1 aliphatic rings. The normalized spacial score (nSPS) is 13.0. The van der Waals surface area contributed by atoms with Crippen molar-refractivity contribution >= 4 is 23.7 Å². The van der Waals surface area contributed by atoms with Crippen LogP contribution in [-0.4, -0.2) is 24.6 Å². The van der Waals surface area contributed by atoms with E-state index in [1.165, 1.54) is 18.2 Å². The zero-order chi connectivity index (χ0) is 12.4. The lowest BCUT2D eigenvalue weighted by atomic mass is 10.1. The SMILES string of the molecule is CCOC(=O)Nc1ccc2c(c1)C(=O)OC2=O. The summed E-state index contributed by atoms with van der Waals surface area (Å²) in [6, 6.07) is 4.29. The Hall–Kier alpha value is -2.37. The Morgan fingerprint density at radius 2 is 2.00 bits per heavy atom. The Labute approximate surface area is 96.5 Å². The van der Waals surface area contributed by atoms with E-state index < -0.39 is 18.0 Å². The summed E-state index contributed by atoms with van der Waals surface area (Å²) < 4.78 is 9.10. The molecule has 1 aliphatic heterocycles. The molecule has 0 unspecified atom stereocenters. The first-order valence-electron chi connectivity index (χ1n) is 4.96. The zero-order valence-electron chi connectivity index (χ0n) is 8.98. The van der Waals surface area contributed by atoms with Crippen molar-refractivity contribution in [1.82, 2.24) is 0 Å². The molecule has 1 N–H and O–H groups in total. The number of nitrogens with one attached hydrogen (secondary N) is 1. The molecular formula is C11H9NO5. The molecule has 0 aromatic heterocycles. The number of carbonyl (C=O) groups is 3. The highest BCUT2D eigenvalue weighted by molar-refractivity contribution is 6.15. The lowest BCUT2D eigenvalue weighted by Crippen LogP contribution is -2.13. The van der Waals surface area contributed by atoms with Gasteiger partial charge >= 0.3 is 18.0 Å². The van der Waals surface area contributed by atoms with Crippen LogP contribution in [0.4, 0.5) is 10.5 Å².